The van der Waals surface area contributed by atoms with Gasteiger partial charge in [-0.05, 0) is 12.6 Å². The second-order valence-corrected chi connectivity index (χ2v) is 5.52. The van der Waals surface area contributed by atoms with Crippen molar-refractivity contribution in [3.63, 3.8) is 0 Å². The van der Waals surface area contributed by atoms with Crippen molar-refractivity contribution < 1.29 is 9.53 Å². The van der Waals surface area contributed by atoms with Crippen LogP contribution in [0.15, 0.2) is 30.3 Å². The molecule has 20 heavy (non-hydrogen) atoms. The van der Waals surface area contributed by atoms with Crippen molar-refractivity contribution in [1.29, 1.82) is 0 Å². The zero-order valence-electron chi connectivity index (χ0n) is 11.8. The molecule has 5 heteroatoms. The Morgan fingerprint density at radius 1 is 1.35 bits per heavy atom. The number of morpholine rings is 1. The third-order valence-electron chi connectivity index (χ3n) is 3.94. The summed E-state index contributed by atoms with van der Waals surface area (Å²) in [5.74, 6) is 0.146. The molecule has 2 aliphatic heterocycles. The van der Waals surface area contributed by atoms with Gasteiger partial charge in [0.05, 0.1) is 19.4 Å². The van der Waals surface area contributed by atoms with Crippen molar-refractivity contribution in [3.05, 3.63) is 35.9 Å². The largest absolute Gasteiger partial charge is 0.374 e. The van der Waals surface area contributed by atoms with E-state index in [1.807, 2.05) is 35.2 Å². The number of carbonyl (C=O) groups is 1. The molecule has 0 aliphatic carbocycles. The van der Waals surface area contributed by atoms with Crippen LogP contribution in [0.25, 0.3) is 0 Å². The van der Waals surface area contributed by atoms with Gasteiger partial charge in [-0.25, -0.2) is 0 Å². The Hall–Kier alpha value is -1.43. The van der Waals surface area contributed by atoms with E-state index in [0.717, 1.165) is 25.3 Å². The van der Waals surface area contributed by atoms with Gasteiger partial charge in [0.15, 0.2) is 0 Å². The summed E-state index contributed by atoms with van der Waals surface area (Å²) in [6, 6.07) is 9.66. The van der Waals surface area contributed by atoms with Crippen molar-refractivity contribution >= 4 is 5.91 Å². The highest BCUT2D eigenvalue weighted by atomic mass is 16.5. The smallest absolute Gasteiger partial charge is 0.245 e. The lowest BCUT2D eigenvalue weighted by molar-refractivity contribution is -0.131. The Kier molecular flexibility index (Phi) is 4.00. The molecule has 2 heterocycles. The SMILES string of the molecule is CN1CCOC(CN2CNC(c3ccccc3)C2=O)C1. The van der Waals surface area contributed by atoms with Gasteiger partial charge < -0.3 is 14.5 Å². The lowest BCUT2D eigenvalue weighted by atomic mass is 10.1. The fourth-order valence-corrected chi connectivity index (χ4v) is 2.83. The molecule has 1 aromatic rings. The molecule has 0 spiro atoms. The Bertz CT molecular complexity index is 465. The quantitative estimate of drug-likeness (QED) is 0.870. The van der Waals surface area contributed by atoms with Crippen LogP contribution in [0.2, 0.25) is 0 Å². The second-order valence-electron chi connectivity index (χ2n) is 5.52. The molecular weight excluding hydrogens is 254 g/mol. The van der Waals surface area contributed by atoms with E-state index >= 15 is 0 Å². The fraction of sp³-hybridized carbons (Fsp3) is 0.533. The number of carbonyl (C=O) groups excluding carboxylic acids is 1. The number of ether oxygens (including phenoxy) is 1. The van der Waals surface area contributed by atoms with E-state index in [-0.39, 0.29) is 18.1 Å². The summed E-state index contributed by atoms with van der Waals surface area (Å²) in [4.78, 5) is 16.6. The van der Waals surface area contributed by atoms with Crippen molar-refractivity contribution in [2.75, 3.05) is 40.0 Å². The van der Waals surface area contributed by atoms with E-state index in [0.29, 0.717) is 13.2 Å². The van der Waals surface area contributed by atoms with Crippen molar-refractivity contribution in [3.8, 4) is 0 Å². The van der Waals surface area contributed by atoms with Gasteiger partial charge in [-0.2, -0.15) is 0 Å². The van der Waals surface area contributed by atoms with Gasteiger partial charge in [0.1, 0.15) is 6.04 Å². The highest BCUT2D eigenvalue weighted by Gasteiger charge is 2.34. The molecule has 0 bridgehead atoms. The van der Waals surface area contributed by atoms with Gasteiger partial charge in [0.2, 0.25) is 5.91 Å². The predicted molar refractivity (Wildman–Crippen MR) is 76.1 cm³/mol. The highest BCUT2D eigenvalue weighted by Crippen LogP contribution is 2.21. The van der Waals surface area contributed by atoms with E-state index in [4.69, 9.17) is 4.74 Å². The molecule has 1 aromatic carbocycles. The second kappa shape index (κ2) is 5.91. The maximum absolute atomic E-state index is 12.5. The number of nitrogens with zero attached hydrogens (tertiary/aromatic N) is 2. The van der Waals surface area contributed by atoms with Crippen LogP contribution >= 0.6 is 0 Å². The molecule has 2 saturated heterocycles. The van der Waals surface area contributed by atoms with Gasteiger partial charge in [-0.1, -0.05) is 30.3 Å². The molecule has 0 saturated carbocycles. The molecule has 3 rings (SSSR count). The van der Waals surface area contributed by atoms with Crippen molar-refractivity contribution in [1.82, 2.24) is 15.1 Å². The minimum absolute atomic E-state index is 0.119. The predicted octanol–water partition coefficient (Wildman–Crippen LogP) is 0.448. The summed E-state index contributed by atoms with van der Waals surface area (Å²) in [6.45, 7) is 3.87. The number of likely N-dealkylation sites (N-methyl/N-ethyl adjacent to an activating group) is 1. The van der Waals surface area contributed by atoms with E-state index in [1.54, 1.807) is 0 Å². The Morgan fingerprint density at radius 3 is 2.90 bits per heavy atom. The number of hydrogen-bond acceptors (Lipinski definition) is 4. The van der Waals surface area contributed by atoms with Crippen LogP contribution in [-0.4, -0.2) is 61.8 Å². The summed E-state index contributed by atoms with van der Waals surface area (Å²) in [7, 11) is 2.09. The van der Waals surface area contributed by atoms with Gasteiger partial charge in [-0.3, -0.25) is 10.1 Å². The van der Waals surface area contributed by atoms with Gasteiger partial charge >= 0.3 is 0 Å². The molecule has 5 nitrogen and oxygen atoms in total. The van der Waals surface area contributed by atoms with E-state index < -0.39 is 0 Å². The summed E-state index contributed by atoms with van der Waals surface area (Å²) >= 11 is 0. The number of nitrogens with one attached hydrogen (secondary N) is 1. The average molecular weight is 275 g/mol. The molecule has 2 atom stereocenters. The molecule has 108 valence electrons. The highest BCUT2D eigenvalue weighted by molar-refractivity contribution is 5.85. The number of benzene rings is 1. The average Bonchev–Trinajstić information content (AvgIpc) is 2.81. The van der Waals surface area contributed by atoms with Crippen LogP contribution < -0.4 is 5.32 Å². The third-order valence-corrected chi connectivity index (χ3v) is 3.94. The first-order valence-electron chi connectivity index (χ1n) is 7.11. The van der Waals surface area contributed by atoms with Gasteiger partial charge in [0, 0.05) is 19.6 Å². The maximum Gasteiger partial charge on any atom is 0.245 e. The Morgan fingerprint density at radius 2 is 2.15 bits per heavy atom. The monoisotopic (exact) mass is 275 g/mol. The summed E-state index contributed by atoms with van der Waals surface area (Å²) in [5, 5.41) is 3.28. The molecule has 0 radical (unpaired) electrons. The van der Waals surface area contributed by atoms with E-state index in [2.05, 4.69) is 17.3 Å². The Balaban J connectivity index is 1.61. The third kappa shape index (κ3) is 2.85. The molecule has 2 aliphatic rings. The van der Waals surface area contributed by atoms with E-state index in [9.17, 15) is 4.79 Å². The fourth-order valence-electron chi connectivity index (χ4n) is 2.83. The molecule has 1 N–H and O–H groups in total. The summed E-state index contributed by atoms with van der Waals surface area (Å²) < 4.78 is 5.74. The molecule has 2 unspecified atom stereocenters. The standard InChI is InChI=1S/C15H21N3O2/c1-17-7-8-20-13(9-17)10-18-11-16-14(15(18)19)12-5-3-2-4-6-12/h2-6,13-14,16H,7-11H2,1H3. The normalized spacial score (nSPS) is 28.1. The van der Waals surface area contributed by atoms with E-state index in [1.165, 1.54) is 0 Å². The molecule has 1 amide bonds. The summed E-state index contributed by atoms with van der Waals surface area (Å²) in [6.07, 6.45) is 0.119. The minimum atomic E-state index is -0.211. The Labute approximate surface area is 119 Å². The van der Waals surface area contributed by atoms with Crippen molar-refractivity contribution in [2.24, 2.45) is 0 Å². The van der Waals surface area contributed by atoms with Crippen molar-refractivity contribution in [2.45, 2.75) is 12.1 Å². The van der Waals surface area contributed by atoms with Gasteiger partial charge in [0.25, 0.3) is 0 Å². The van der Waals surface area contributed by atoms with Crippen LogP contribution in [-0.2, 0) is 9.53 Å². The topological polar surface area (TPSA) is 44.8 Å². The van der Waals surface area contributed by atoms with Crippen LogP contribution in [0.1, 0.15) is 11.6 Å². The number of hydrogen-bond donors (Lipinski definition) is 1. The summed E-state index contributed by atoms with van der Waals surface area (Å²) in [5.41, 5.74) is 1.03. The number of rotatable bonds is 3. The first-order valence-corrected chi connectivity index (χ1v) is 7.11. The zero-order valence-corrected chi connectivity index (χ0v) is 11.8. The van der Waals surface area contributed by atoms with Crippen LogP contribution in [0.5, 0.6) is 0 Å². The van der Waals surface area contributed by atoms with Crippen LogP contribution in [0.3, 0.4) is 0 Å². The first kappa shape index (κ1) is 13.5. The zero-order chi connectivity index (χ0) is 13.9. The number of amides is 1. The lowest BCUT2D eigenvalue weighted by Gasteiger charge is -2.32. The van der Waals surface area contributed by atoms with Crippen LogP contribution in [0, 0.1) is 0 Å². The maximum atomic E-state index is 12.5. The molecule has 0 aromatic heterocycles. The van der Waals surface area contributed by atoms with Gasteiger partial charge in [-0.15, -0.1) is 0 Å². The first-order chi connectivity index (χ1) is 9.74. The molecule has 2 fully saturated rings. The van der Waals surface area contributed by atoms with Crippen LogP contribution in [0.4, 0.5) is 0 Å². The molecular formula is C15H21N3O2. The minimum Gasteiger partial charge on any atom is -0.374 e. The lowest BCUT2D eigenvalue weighted by Crippen LogP contribution is -2.46.